The van der Waals surface area contributed by atoms with Crippen LogP contribution in [0.25, 0.3) is 10.1 Å². The van der Waals surface area contributed by atoms with Gasteiger partial charge in [0.2, 0.25) is 0 Å². The summed E-state index contributed by atoms with van der Waals surface area (Å²) in [5.74, 6) is -1.30. The van der Waals surface area contributed by atoms with Crippen LogP contribution in [0.3, 0.4) is 0 Å². The Morgan fingerprint density at radius 1 is 1.28 bits per heavy atom. The zero-order chi connectivity index (χ0) is 17.6. The minimum absolute atomic E-state index is 0.292. The number of carbonyl (C=O) groups is 2. The molecule has 0 saturated heterocycles. The lowest BCUT2D eigenvalue weighted by Gasteiger charge is -2.12. The molecule has 1 aliphatic carbocycles. The molecule has 25 heavy (non-hydrogen) atoms. The summed E-state index contributed by atoms with van der Waals surface area (Å²) in [5.41, 5.74) is 1.39. The molecule has 1 amide bonds. The van der Waals surface area contributed by atoms with Crippen molar-refractivity contribution in [3.8, 4) is 0 Å². The molecule has 0 atom stereocenters. The predicted octanol–water partition coefficient (Wildman–Crippen LogP) is 4.20. The van der Waals surface area contributed by atoms with E-state index in [0.29, 0.717) is 21.5 Å². The number of hydrogen-bond donors (Lipinski definition) is 1. The highest BCUT2D eigenvalue weighted by molar-refractivity contribution is 7.20. The fraction of sp³-hybridized carbons (Fsp3) is 0.368. The van der Waals surface area contributed by atoms with Crippen LogP contribution in [0.15, 0.2) is 35.9 Å². The van der Waals surface area contributed by atoms with Crippen molar-refractivity contribution in [3.63, 3.8) is 0 Å². The first kappa shape index (κ1) is 17.6. The maximum Gasteiger partial charge on any atom is 0.348 e. The number of allylic oxidation sites excluding steroid dienone is 1. The number of hydrogen-bond acceptors (Lipinski definition) is 4. The van der Waals surface area contributed by atoms with Crippen LogP contribution in [-0.4, -0.2) is 25.0 Å². The second-order valence-electron chi connectivity index (χ2n) is 6.05. The molecular formula is C19H20FNO3S. The molecule has 0 fully saturated rings. The summed E-state index contributed by atoms with van der Waals surface area (Å²) < 4.78 is 19.4. The fourth-order valence-electron chi connectivity index (χ4n) is 2.87. The van der Waals surface area contributed by atoms with Gasteiger partial charge in [0.05, 0.1) is 0 Å². The number of thiophene rings is 1. The highest BCUT2D eigenvalue weighted by atomic mass is 32.1. The molecule has 6 heteroatoms. The highest BCUT2D eigenvalue weighted by Crippen LogP contribution is 2.28. The van der Waals surface area contributed by atoms with E-state index in [1.807, 2.05) is 0 Å². The third-order valence-electron chi connectivity index (χ3n) is 4.20. The van der Waals surface area contributed by atoms with E-state index in [0.717, 1.165) is 30.6 Å². The average molecular weight is 361 g/mol. The van der Waals surface area contributed by atoms with Crippen LogP contribution in [0.4, 0.5) is 4.39 Å². The molecule has 3 rings (SSSR count). The normalized spacial score (nSPS) is 14.2. The van der Waals surface area contributed by atoms with E-state index < -0.39 is 5.97 Å². The zero-order valence-electron chi connectivity index (χ0n) is 13.8. The van der Waals surface area contributed by atoms with Crippen LogP contribution in [-0.2, 0) is 9.53 Å². The predicted molar refractivity (Wildman–Crippen MR) is 96.2 cm³/mol. The molecule has 0 saturated carbocycles. The Balaban J connectivity index is 1.45. The van der Waals surface area contributed by atoms with Crippen LogP contribution in [0, 0.1) is 5.82 Å². The molecule has 0 spiro atoms. The second kappa shape index (κ2) is 8.25. The van der Waals surface area contributed by atoms with Crippen molar-refractivity contribution in [1.82, 2.24) is 5.32 Å². The van der Waals surface area contributed by atoms with Gasteiger partial charge in [-0.15, -0.1) is 11.3 Å². The average Bonchev–Trinajstić information content (AvgIpc) is 3.06. The van der Waals surface area contributed by atoms with E-state index in [9.17, 15) is 14.0 Å². The fourth-order valence-corrected chi connectivity index (χ4v) is 3.84. The number of halogens is 1. The van der Waals surface area contributed by atoms with E-state index in [-0.39, 0.29) is 18.3 Å². The number of ether oxygens (including phenoxy) is 1. The molecule has 0 radical (unpaired) electrons. The lowest BCUT2D eigenvalue weighted by molar-refractivity contribution is -0.124. The van der Waals surface area contributed by atoms with E-state index in [2.05, 4.69) is 11.4 Å². The summed E-state index contributed by atoms with van der Waals surface area (Å²) >= 11 is 1.15. The van der Waals surface area contributed by atoms with Crippen molar-refractivity contribution in [2.75, 3.05) is 13.2 Å². The molecule has 132 valence electrons. The first-order chi connectivity index (χ1) is 12.1. The van der Waals surface area contributed by atoms with Gasteiger partial charge < -0.3 is 10.1 Å². The molecule has 0 aliphatic heterocycles. The van der Waals surface area contributed by atoms with Crippen LogP contribution < -0.4 is 5.32 Å². The number of fused-ring (bicyclic) bond motifs is 1. The standard InChI is InChI=1S/C19H20FNO3S/c20-15-7-4-8-16-14(15)11-17(25-16)19(23)24-12-18(22)21-10-9-13-5-2-1-3-6-13/h4-5,7-8,11H,1-3,6,9-10,12H2,(H,21,22). The lowest BCUT2D eigenvalue weighted by atomic mass is 9.97. The summed E-state index contributed by atoms with van der Waals surface area (Å²) in [4.78, 5) is 24.1. The van der Waals surface area contributed by atoms with Crippen molar-refractivity contribution in [1.29, 1.82) is 0 Å². The van der Waals surface area contributed by atoms with E-state index in [4.69, 9.17) is 4.74 Å². The number of benzene rings is 1. The largest absolute Gasteiger partial charge is 0.451 e. The number of amides is 1. The molecule has 0 bridgehead atoms. The Labute approximate surface area is 149 Å². The zero-order valence-corrected chi connectivity index (χ0v) is 14.7. The molecule has 1 aromatic heterocycles. The highest BCUT2D eigenvalue weighted by Gasteiger charge is 2.15. The quantitative estimate of drug-likeness (QED) is 0.620. The summed E-state index contributed by atoms with van der Waals surface area (Å²) in [6, 6.07) is 6.15. The number of esters is 1. The summed E-state index contributed by atoms with van der Waals surface area (Å²) in [6.07, 6.45) is 7.77. The minimum Gasteiger partial charge on any atom is -0.451 e. The third kappa shape index (κ3) is 4.66. The van der Waals surface area contributed by atoms with Gasteiger partial charge in [-0.1, -0.05) is 17.7 Å². The lowest BCUT2D eigenvalue weighted by Crippen LogP contribution is -2.29. The first-order valence-corrected chi connectivity index (χ1v) is 9.25. The van der Waals surface area contributed by atoms with Crippen molar-refractivity contribution >= 4 is 33.3 Å². The maximum atomic E-state index is 13.7. The molecule has 1 heterocycles. The van der Waals surface area contributed by atoms with Gasteiger partial charge in [0, 0.05) is 16.6 Å². The van der Waals surface area contributed by atoms with Crippen molar-refractivity contribution in [3.05, 3.63) is 46.6 Å². The molecule has 2 aromatic rings. The van der Waals surface area contributed by atoms with Crippen LogP contribution in [0.5, 0.6) is 0 Å². The Hall–Kier alpha value is -2.21. The number of rotatable bonds is 6. The van der Waals surface area contributed by atoms with Crippen LogP contribution >= 0.6 is 11.3 Å². The van der Waals surface area contributed by atoms with Gasteiger partial charge in [-0.2, -0.15) is 0 Å². The third-order valence-corrected chi connectivity index (χ3v) is 5.28. The smallest absolute Gasteiger partial charge is 0.348 e. The maximum absolute atomic E-state index is 13.7. The number of carbonyl (C=O) groups excluding carboxylic acids is 2. The first-order valence-electron chi connectivity index (χ1n) is 8.43. The Bertz CT molecular complexity index is 812. The minimum atomic E-state index is -0.606. The van der Waals surface area contributed by atoms with Crippen LogP contribution in [0.1, 0.15) is 41.8 Å². The van der Waals surface area contributed by atoms with Gasteiger partial charge >= 0.3 is 5.97 Å². The van der Waals surface area contributed by atoms with Gasteiger partial charge in [-0.25, -0.2) is 9.18 Å². The number of nitrogens with one attached hydrogen (secondary N) is 1. The molecule has 1 aromatic carbocycles. The van der Waals surface area contributed by atoms with Crippen molar-refractivity contribution < 1.29 is 18.7 Å². The van der Waals surface area contributed by atoms with E-state index in [1.54, 1.807) is 12.1 Å². The Morgan fingerprint density at radius 3 is 2.92 bits per heavy atom. The molecule has 1 N–H and O–H groups in total. The Kier molecular flexibility index (Phi) is 5.81. The van der Waals surface area contributed by atoms with Gasteiger partial charge in [-0.05, 0) is 50.3 Å². The SMILES string of the molecule is O=C(COC(=O)c1cc2c(F)cccc2s1)NCCC1=CCCCC1. The summed E-state index contributed by atoms with van der Waals surface area (Å²) in [7, 11) is 0. The van der Waals surface area contributed by atoms with E-state index in [1.165, 1.54) is 30.5 Å². The van der Waals surface area contributed by atoms with Gasteiger partial charge in [-0.3, -0.25) is 4.79 Å². The van der Waals surface area contributed by atoms with Gasteiger partial charge in [0.1, 0.15) is 10.7 Å². The monoisotopic (exact) mass is 361 g/mol. The second-order valence-corrected chi connectivity index (χ2v) is 7.13. The van der Waals surface area contributed by atoms with E-state index >= 15 is 0 Å². The Morgan fingerprint density at radius 2 is 2.16 bits per heavy atom. The molecule has 4 nitrogen and oxygen atoms in total. The van der Waals surface area contributed by atoms with Crippen molar-refractivity contribution in [2.24, 2.45) is 0 Å². The molecular weight excluding hydrogens is 341 g/mol. The topological polar surface area (TPSA) is 55.4 Å². The summed E-state index contributed by atoms with van der Waals surface area (Å²) in [6.45, 7) is 0.227. The molecule has 1 aliphatic rings. The van der Waals surface area contributed by atoms with Gasteiger partial charge in [0.25, 0.3) is 5.91 Å². The van der Waals surface area contributed by atoms with Gasteiger partial charge in [0.15, 0.2) is 6.61 Å². The molecule has 0 unspecified atom stereocenters. The van der Waals surface area contributed by atoms with Crippen LogP contribution in [0.2, 0.25) is 0 Å². The van der Waals surface area contributed by atoms with Crippen molar-refractivity contribution in [2.45, 2.75) is 32.1 Å². The summed E-state index contributed by atoms with van der Waals surface area (Å²) in [5, 5.41) is 3.15.